The van der Waals surface area contributed by atoms with Gasteiger partial charge in [-0.3, -0.25) is 14.4 Å². The summed E-state index contributed by atoms with van der Waals surface area (Å²) >= 11 is 0. The van der Waals surface area contributed by atoms with Gasteiger partial charge in [-0.05, 0) is 29.3 Å². The molecule has 0 saturated heterocycles. The number of carbonyl (C=O) groups is 3. The molecule has 4 aromatic rings. The molecule has 12 heteroatoms. The summed E-state index contributed by atoms with van der Waals surface area (Å²) in [5, 5.41) is 16.7. The van der Waals surface area contributed by atoms with Gasteiger partial charge in [0, 0.05) is 43.5 Å². The lowest BCUT2D eigenvalue weighted by molar-refractivity contribution is -0.117. The van der Waals surface area contributed by atoms with Crippen LogP contribution >= 0.6 is 0 Å². The van der Waals surface area contributed by atoms with E-state index in [2.05, 4.69) is 37.8 Å². The third-order valence-electron chi connectivity index (χ3n) is 6.69. The van der Waals surface area contributed by atoms with Gasteiger partial charge in [0.1, 0.15) is 11.4 Å². The molecule has 0 radical (unpaired) electrons. The van der Waals surface area contributed by atoms with Crippen LogP contribution in [0.4, 0.5) is 5.69 Å². The van der Waals surface area contributed by atoms with Crippen LogP contribution in [-0.2, 0) is 29.1 Å². The van der Waals surface area contributed by atoms with Gasteiger partial charge in [-0.15, -0.1) is 0 Å². The van der Waals surface area contributed by atoms with E-state index in [4.69, 9.17) is 4.84 Å². The summed E-state index contributed by atoms with van der Waals surface area (Å²) in [4.78, 5) is 49.1. The summed E-state index contributed by atoms with van der Waals surface area (Å²) in [5.41, 5.74) is 4.96. The fraction of sp³-hybridized carbons (Fsp3) is 0.143. The maximum absolute atomic E-state index is 13.1. The molecule has 0 bridgehead atoms. The van der Waals surface area contributed by atoms with Crippen LogP contribution < -0.4 is 20.9 Å². The van der Waals surface area contributed by atoms with Gasteiger partial charge in [0.15, 0.2) is 11.5 Å². The Morgan fingerprint density at radius 2 is 1.77 bits per heavy atom. The predicted octanol–water partition coefficient (Wildman–Crippen LogP) is 1.86. The molecule has 0 fully saturated rings. The number of carbonyl (C=O) groups excluding carboxylic acids is 3. The Morgan fingerprint density at radius 3 is 2.55 bits per heavy atom. The molecule has 0 unspecified atom stereocenters. The molecule has 12 nitrogen and oxygen atoms in total. The van der Waals surface area contributed by atoms with Crippen LogP contribution in [-0.4, -0.2) is 45.2 Å². The fourth-order valence-corrected chi connectivity index (χ4v) is 4.52. The van der Waals surface area contributed by atoms with Crippen molar-refractivity contribution in [1.29, 1.82) is 0 Å². The number of hydrogen-bond acceptors (Lipinski definition) is 8. The van der Waals surface area contributed by atoms with E-state index in [0.29, 0.717) is 23.8 Å². The number of likely N-dealkylation sites (N-methyl/N-ethyl adjacent to an activating group) is 1. The summed E-state index contributed by atoms with van der Waals surface area (Å²) in [6.45, 7) is 4.15. The minimum Gasteiger partial charge on any atom is -0.347 e. The maximum Gasteiger partial charge on any atom is 0.270 e. The maximum atomic E-state index is 13.1. The predicted molar refractivity (Wildman–Crippen MR) is 145 cm³/mol. The van der Waals surface area contributed by atoms with Crippen molar-refractivity contribution in [1.82, 2.24) is 30.5 Å². The Hall–Kier alpha value is -5.52. The van der Waals surface area contributed by atoms with Gasteiger partial charge < -0.3 is 25.7 Å². The molecule has 2 aliphatic heterocycles. The van der Waals surface area contributed by atoms with Gasteiger partial charge in [-0.2, -0.15) is 5.10 Å². The highest BCUT2D eigenvalue weighted by Gasteiger charge is 2.24. The topological polar surface area (TPSA) is 142 Å². The second-order valence-corrected chi connectivity index (χ2v) is 9.36. The van der Waals surface area contributed by atoms with E-state index in [1.54, 1.807) is 18.0 Å². The number of anilines is 1. The van der Waals surface area contributed by atoms with Gasteiger partial charge in [0.2, 0.25) is 11.8 Å². The molecule has 0 saturated carbocycles. The molecular formula is C28H24N8O4. The SMILES string of the molecule is C=C1NC(c2ccc(CNC(=O)c3cc(C(=O)NCc4ccc5c(c4)N(C)C(=O)C5)nc4ccnn34)cc2)=NO1. The van der Waals surface area contributed by atoms with Crippen LogP contribution in [0.1, 0.15) is 43.2 Å². The van der Waals surface area contributed by atoms with E-state index in [0.717, 1.165) is 27.9 Å². The molecule has 4 heterocycles. The average molecular weight is 537 g/mol. The molecule has 2 aliphatic rings. The highest BCUT2D eigenvalue weighted by atomic mass is 16.7. The zero-order chi connectivity index (χ0) is 27.8. The zero-order valence-electron chi connectivity index (χ0n) is 21.5. The minimum absolute atomic E-state index is 0.0374. The molecule has 6 rings (SSSR count). The number of nitrogens with one attached hydrogen (secondary N) is 3. The van der Waals surface area contributed by atoms with Gasteiger partial charge in [0.25, 0.3) is 11.8 Å². The Balaban J connectivity index is 1.13. The summed E-state index contributed by atoms with van der Waals surface area (Å²) < 4.78 is 1.39. The van der Waals surface area contributed by atoms with Gasteiger partial charge >= 0.3 is 0 Å². The smallest absolute Gasteiger partial charge is 0.270 e. The standard InChI is InChI=1S/C28H24N8O4/c1-16-32-26(34-40-16)19-6-3-17(4-7-19)14-30-28(39)23-13-21(33-24-9-10-31-36(23)24)27(38)29-15-18-5-8-20-12-25(37)35(2)22(20)11-18/h3-11,13H,1,12,14-15H2,2H3,(H,29,38)(H,30,39)(H,32,34). The molecule has 2 aromatic heterocycles. The van der Waals surface area contributed by atoms with Gasteiger partial charge in [-0.25, -0.2) is 9.50 Å². The van der Waals surface area contributed by atoms with Crippen LogP contribution in [0, 0.1) is 0 Å². The zero-order valence-corrected chi connectivity index (χ0v) is 21.5. The molecule has 3 amide bonds. The van der Waals surface area contributed by atoms with Crippen LogP contribution in [0.15, 0.2) is 78.4 Å². The Labute approximate surface area is 228 Å². The van der Waals surface area contributed by atoms with E-state index in [9.17, 15) is 14.4 Å². The number of nitrogens with zero attached hydrogens (tertiary/aromatic N) is 5. The first-order valence-electron chi connectivity index (χ1n) is 12.5. The first kappa shape index (κ1) is 24.8. The number of hydrogen-bond donors (Lipinski definition) is 3. The number of fused-ring (bicyclic) bond motifs is 2. The van der Waals surface area contributed by atoms with Crippen LogP contribution in [0.3, 0.4) is 0 Å². The molecule has 0 spiro atoms. The molecule has 0 aliphatic carbocycles. The Kier molecular flexibility index (Phi) is 6.19. The Bertz CT molecular complexity index is 1720. The molecule has 3 N–H and O–H groups in total. The number of amidine groups is 1. The second-order valence-electron chi connectivity index (χ2n) is 9.36. The van der Waals surface area contributed by atoms with E-state index in [1.165, 1.54) is 16.8 Å². The van der Waals surface area contributed by atoms with Crippen molar-refractivity contribution < 1.29 is 19.2 Å². The summed E-state index contributed by atoms with van der Waals surface area (Å²) in [7, 11) is 1.74. The molecule has 40 heavy (non-hydrogen) atoms. The summed E-state index contributed by atoms with van der Waals surface area (Å²) in [5.74, 6) is 0.106. The summed E-state index contributed by atoms with van der Waals surface area (Å²) in [6, 6.07) is 16.1. The monoisotopic (exact) mass is 536 g/mol. The molecular weight excluding hydrogens is 512 g/mol. The lowest BCUT2D eigenvalue weighted by atomic mass is 10.1. The lowest BCUT2D eigenvalue weighted by Crippen LogP contribution is -2.28. The largest absolute Gasteiger partial charge is 0.347 e. The number of amides is 3. The van der Waals surface area contributed by atoms with E-state index in [1.807, 2.05) is 42.5 Å². The quantitative estimate of drug-likeness (QED) is 0.327. The molecule has 200 valence electrons. The normalized spacial score (nSPS) is 14.0. The van der Waals surface area contributed by atoms with Crippen molar-refractivity contribution in [3.63, 3.8) is 0 Å². The first-order chi connectivity index (χ1) is 19.4. The van der Waals surface area contributed by atoms with Crippen molar-refractivity contribution in [2.75, 3.05) is 11.9 Å². The van der Waals surface area contributed by atoms with Crippen molar-refractivity contribution in [2.24, 2.45) is 5.16 Å². The lowest BCUT2D eigenvalue weighted by Gasteiger charge is -2.12. The first-order valence-corrected chi connectivity index (χ1v) is 12.5. The van der Waals surface area contributed by atoms with Crippen LogP contribution in [0.2, 0.25) is 0 Å². The number of oxime groups is 1. The van der Waals surface area contributed by atoms with E-state index in [-0.39, 0.29) is 30.4 Å². The third-order valence-corrected chi connectivity index (χ3v) is 6.69. The van der Waals surface area contributed by atoms with E-state index < -0.39 is 11.8 Å². The van der Waals surface area contributed by atoms with Crippen molar-refractivity contribution in [2.45, 2.75) is 19.5 Å². The Morgan fingerprint density at radius 1 is 1.02 bits per heavy atom. The third kappa shape index (κ3) is 4.73. The van der Waals surface area contributed by atoms with Crippen molar-refractivity contribution >= 4 is 34.9 Å². The number of aromatic nitrogens is 3. The van der Waals surface area contributed by atoms with E-state index >= 15 is 0 Å². The number of rotatable bonds is 7. The molecule has 0 atom stereocenters. The van der Waals surface area contributed by atoms with Gasteiger partial charge in [-0.1, -0.05) is 41.6 Å². The molecule has 2 aromatic carbocycles. The van der Waals surface area contributed by atoms with Crippen LogP contribution in [0.25, 0.3) is 5.65 Å². The summed E-state index contributed by atoms with van der Waals surface area (Å²) in [6.07, 6.45) is 1.89. The minimum atomic E-state index is -0.437. The fourth-order valence-electron chi connectivity index (χ4n) is 4.52. The number of benzene rings is 2. The second kappa shape index (κ2) is 9.98. The highest BCUT2D eigenvalue weighted by Crippen LogP contribution is 2.28. The van der Waals surface area contributed by atoms with Crippen molar-refractivity contribution in [3.05, 3.63) is 107 Å². The van der Waals surface area contributed by atoms with Crippen LogP contribution in [0.5, 0.6) is 0 Å². The average Bonchev–Trinajstić information content (AvgIpc) is 3.69. The highest BCUT2D eigenvalue weighted by molar-refractivity contribution is 6.01. The van der Waals surface area contributed by atoms with Crippen molar-refractivity contribution in [3.8, 4) is 0 Å². The van der Waals surface area contributed by atoms with Gasteiger partial charge in [0.05, 0.1) is 12.6 Å².